The third-order valence-electron chi connectivity index (χ3n) is 3.77. The molecule has 0 atom stereocenters. The van der Waals surface area contributed by atoms with Gasteiger partial charge in [-0.2, -0.15) is 0 Å². The van der Waals surface area contributed by atoms with Gasteiger partial charge in [0.1, 0.15) is 0 Å². The first kappa shape index (κ1) is 17.0. The molecule has 0 aliphatic heterocycles. The molecule has 0 aliphatic rings. The standard InChI is InChI=1S/C20H31/c1-2-3-4-5-6-7-8-9-10-11-12-14-17-20-18-15-13-16-19-20/h13-15,17-19H,2-12H2,1H3. The van der Waals surface area contributed by atoms with Crippen molar-refractivity contribution >= 4 is 6.08 Å². The average molecular weight is 271 g/mol. The molecule has 0 unspecified atom stereocenters. The maximum Gasteiger partial charge on any atom is -0.0178 e. The Hall–Kier alpha value is -1.04. The largest absolute Gasteiger partial charge is 0.0839 e. The van der Waals surface area contributed by atoms with E-state index in [1.165, 1.54) is 76.2 Å². The molecule has 1 aromatic carbocycles. The predicted molar refractivity (Wildman–Crippen MR) is 90.8 cm³/mol. The van der Waals surface area contributed by atoms with Gasteiger partial charge < -0.3 is 0 Å². The molecule has 0 saturated carbocycles. The Bertz CT molecular complexity index is 323. The summed E-state index contributed by atoms with van der Waals surface area (Å²) in [4.78, 5) is 0. The van der Waals surface area contributed by atoms with Crippen LogP contribution in [0.15, 0.2) is 30.3 Å². The third kappa shape index (κ3) is 9.83. The lowest BCUT2D eigenvalue weighted by Gasteiger charge is -2.01. The Labute approximate surface area is 126 Å². The summed E-state index contributed by atoms with van der Waals surface area (Å²) in [6.07, 6.45) is 19.9. The maximum absolute atomic E-state index is 3.10. The van der Waals surface area contributed by atoms with Crippen molar-refractivity contribution in [1.29, 1.82) is 0 Å². The molecular weight excluding hydrogens is 240 g/mol. The summed E-state index contributed by atoms with van der Waals surface area (Å²) < 4.78 is 0. The molecule has 0 spiro atoms. The second-order valence-corrected chi connectivity index (χ2v) is 5.71. The summed E-state index contributed by atoms with van der Waals surface area (Å²) in [6.45, 7) is 2.28. The van der Waals surface area contributed by atoms with Crippen LogP contribution in [0.4, 0.5) is 0 Å². The molecule has 0 aromatic heterocycles. The van der Waals surface area contributed by atoms with Crippen molar-refractivity contribution in [3.05, 3.63) is 42.0 Å². The minimum absolute atomic E-state index is 1.21. The van der Waals surface area contributed by atoms with Crippen LogP contribution in [0, 0.1) is 6.07 Å². The highest BCUT2D eigenvalue weighted by Crippen LogP contribution is 2.11. The number of unbranched alkanes of at least 4 members (excludes halogenated alkanes) is 10. The monoisotopic (exact) mass is 271 g/mol. The quantitative estimate of drug-likeness (QED) is 0.366. The summed E-state index contributed by atoms with van der Waals surface area (Å²) in [5.41, 5.74) is 1.26. The minimum Gasteiger partial charge on any atom is -0.0839 e. The van der Waals surface area contributed by atoms with Gasteiger partial charge >= 0.3 is 0 Å². The van der Waals surface area contributed by atoms with Gasteiger partial charge in [-0.25, -0.2) is 0 Å². The zero-order valence-corrected chi connectivity index (χ0v) is 13.2. The Morgan fingerprint density at radius 1 is 0.900 bits per heavy atom. The first-order chi connectivity index (χ1) is 9.93. The summed E-state index contributed by atoms with van der Waals surface area (Å²) in [5, 5.41) is 0. The molecule has 0 bridgehead atoms. The fraction of sp³-hybridized carbons (Fsp3) is 0.600. The fourth-order valence-corrected chi connectivity index (χ4v) is 2.48. The van der Waals surface area contributed by atoms with Crippen molar-refractivity contribution in [3.8, 4) is 0 Å². The van der Waals surface area contributed by atoms with Gasteiger partial charge in [-0.05, 0) is 30.5 Å². The van der Waals surface area contributed by atoms with E-state index in [9.17, 15) is 0 Å². The summed E-state index contributed by atoms with van der Waals surface area (Å²) in [5.74, 6) is 0. The van der Waals surface area contributed by atoms with E-state index in [1.807, 2.05) is 18.2 Å². The van der Waals surface area contributed by atoms with Crippen LogP contribution in [0.1, 0.15) is 83.1 Å². The van der Waals surface area contributed by atoms with Crippen LogP contribution in [0.2, 0.25) is 0 Å². The highest BCUT2D eigenvalue weighted by Gasteiger charge is 1.92. The second-order valence-electron chi connectivity index (χ2n) is 5.71. The van der Waals surface area contributed by atoms with E-state index in [0.29, 0.717) is 0 Å². The molecule has 0 heteroatoms. The number of allylic oxidation sites excluding steroid dienone is 1. The Kier molecular flexibility index (Phi) is 11.0. The molecule has 20 heavy (non-hydrogen) atoms. The number of hydrogen-bond donors (Lipinski definition) is 0. The van der Waals surface area contributed by atoms with Gasteiger partial charge in [0, 0.05) is 0 Å². The topological polar surface area (TPSA) is 0 Å². The molecule has 0 amide bonds. The molecule has 0 fully saturated rings. The van der Waals surface area contributed by atoms with Gasteiger partial charge in [0.15, 0.2) is 0 Å². The van der Waals surface area contributed by atoms with Crippen molar-refractivity contribution in [2.24, 2.45) is 0 Å². The van der Waals surface area contributed by atoms with Crippen molar-refractivity contribution in [3.63, 3.8) is 0 Å². The molecule has 0 saturated heterocycles. The molecule has 1 rings (SSSR count). The van der Waals surface area contributed by atoms with E-state index >= 15 is 0 Å². The van der Waals surface area contributed by atoms with Crippen LogP contribution < -0.4 is 0 Å². The average Bonchev–Trinajstić information content (AvgIpc) is 2.49. The number of hydrogen-bond acceptors (Lipinski definition) is 0. The van der Waals surface area contributed by atoms with E-state index in [1.54, 1.807) is 0 Å². The van der Waals surface area contributed by atoms with E-state index < -0.39 is 0 Å². The summed E-state index contributed by atoms with van der Waals surface area (Å²) in [6, 6.07) is 11.3. The Balaban J connectivity index is 1.84. The van der Waals surface area contributed by atoms with E-state index in [4.69, 9.17) is 0 Å². The van der Waals surface area contributed by atoms with Crippen LogP contribution >= 0.6 is 0 Å². The highest BCUT2D eigenvalue weighted by molar-refractivity contribution is 5.48. The van der Waals surface area contributed by atoms with E-state index in [2.05, 4.69) is 31.2 Å². The van der Waals surface area contributed by atoms with Crippen LogP contribution in [0.3, 0.4) is 0 Å². The van der Waals surface area contributed by atoms with Gasteiger partial charge in [0.2, 0.25) is 0 Å². The van der Waals surface area contributed by atoms with Crippen LogP contribution in [0.25, 0.3) is 6.08 Å². The van der Waals surface area contributed by atoms with Crippen molar-refractivity contribution in [1.82, 2.24) is 0 Å². The normalized spacial score (nSPS) is 11.2. The molecule has 0 heterocycles. The molecule has 1 radical (unpaired) electrons. The number of benzene rings is 1. The lowest BCUT2D eigenvalue weighted by atomic mass is 10.1. The molecule has 0 aliphatic carbocycles. The van der Waals surface area contributed by atoms with Gasteiger partial charge in [-0.3, -0.25) is 0 Å². The molecule has 0 nitrogen and oxygen atoms in total. The Morgan fingerprint density at radius 3 is 2.15 bits per heavy atom. The smallest absolute Gasteiger partial charge is 0.0178 e. The van der Waals surface area contributed by atoms with Crippen LogP contribution in [-0.2, 0) is 0 Å². The van der Waals surface area contributed by atoms with Crippen LogP contribution in [0.5, 0.6) is 0 Å². The zero-order chi connectivity index (χ0) is 14.3. The second kappa shape index (κ2) is 13.0. The lowest BCUT2D eigenvalue weighted by molar-refractivity contribution is 0.558. The van der Waals surface area contributed by atoms with Crippen molar-refractivity contribution in [2.45, 2.75) is 77.6 Å². The SMILES string of the molecule is CCCCCCCCCCCCC=Cc1c[c]ccc1. The van der Waals surface area contributed by atoms with Gasteiger partial charge in [0.25, 0.3) is 0 Å². The molecule has 0 N–H and O–H groups in total. The molecular formula is C20H31. The van der Waals surface area contributed by atoms with Gasteiger partial charge in [-0.15, -0.1) is 0 Å². The summed E-state index contributed by atoms with van der Waals surface area (Å²) in [7, 11) is 0. The maximum atomic E-state index is 3.10. The van der Waals surface area contributed by atoms with Crippen molar-refractivity contribution < 1.29 is 0 Å². The minimum atomic E-state index is 1.21. The van der Waals surface area contributed by atoms with Gasteiger partial charge in [-0.1, -0.05) is 95.1 Å². The first-order valence-electron chi connectivity index (χ1n) is 8.56. The Morgan fingerprint density at radius 2 is 1.55 bits per heavy atom. The third-order valence-corrected chi connectivity index (χ3v) is 3.77. The first-order valence-corrected chi connectivity index (χ1v) is 8.56. The lowest BCUT2D eigenvalue weighted by Crippen LogP contribution is -1.81. The molecule has 111 valence electrons. The zero-order valence-electron chi connectivity index (χ0n) is 13.2. The fourth-order valence-electron chi connectivity index (χ4n) is 2.48. The van der Waals surface area contributed by atoms with Gasteiger partial charge in [0.05, 0.1) is 0 Å². The predicted octanol–water partition coefficient (Wildman–Crippen LogP) is 6.81. The van der Waals surface area contributed by atoms with Crippen molar-refractivity contribution in [2.75, 3.05) is 0 Å². The summed E-state index contributed by atoms with van der Waals surface area (Å²) >= 11 is 0. The van der Waals surface area contributed by atoms with E-state index in [-0.39, 0.29) is 0 Å². The van der Waals surface area contributed by atoms with E-state index in [0.717, 1.165) is 0 Å². The molecule has 1 aromatic rings. The highest BCUT2D eigenvalue weighted by atomic mass is 14.0. The number of rotatable bonds is 12. The van der Waals surface area contributed by atoms with Crippen LogP contribution in [-0.4, -0.2) is 0 Å².